The molecule has 2 aromatic rings. The average molecular weight is 389 g/mol. The van der Waals surface area contributed by atoms with E-state index < -0.39 is 24.0 Å². The van der Waals surface area contributed by atoms with E-state index in [9.17, 15) is 14.4 Å². The van der Waals surface area contributed by atoms with Crippen LogP contribution in [0.25, 0.3) is 11.1 Å². The van der Waals surface area contributed by atoms with Crippen molar-refractivity contribution in [2.75, 3.05) is 26.3 Å². The van der Waals surface area contributed by atoms with Crippen molar-refractivity contribution in [1.82, 2.24) is 15.2 Å². The summed E-state index contributed by atoms with van der Waals surface area (Å²) in [5, 5.41) is 2.49. The number of benzene rings is 1. The summed E-state index contributed by atoms with van der Waals surface area (Å²) in [7, 11) is 0. The fraction of sp³-hybridized carbons (Fsp3) is 0.474. The lowest BCUT2D eigenvalue weighted by molar-refractivity contribution is -0.143. The Bertz CT molecular complexity index is 825. The number of hydrogen-bond donors (Lipinski definition) is 1. The van der Waals surface area contributed by atoms with Gasteiger partial charge < -0.3 is 24.1 Å². The first kappa shape index (κ1) is 19.8. The van der Waals surface area contributed by atoms with Crippen LogP contribution in [-0.2, 0) is 14.3 Å². The van der Waals surface area contributed by atoms with Crippen LogP contribution in [0.15, 0.2) is 28.7 Å². The fourth-order valence-corrected chi connectivity index (χ4v) is 2.91. The van der Waals surface area contributed by atoms with Crippen LogP contribution in [0.4, 0.5) is 4.79 Å². The zero-order chi connectivity index (χ0) is 20.1. The standard InChI is InChI=1S/C19H23N3O6/c1-3-13(16(23)17-20-14-6-4-5-7-15(14)28-17)21-19(25)27-12(2)18(24)22-8-10-26-11-9-22/h4-7,12-13H,3,8-11H2,1-2H3,(H,21,25)/t12-,13-/m0/s1. The van der Waals surface area contributed by atoms with Crippen molar-refractivity contribution in [3.05, 3.63) is 30.2 Å². The van der Waals surface area contributed by atoms with Crippen molar-refractivity contribution in [2.24, 2.45) is 0 Å². The molecule has 1 aliphatic rings. The van der Waals surface area contributed by atoms with E-state index in [4.69, 9.17) is 13.9 Å². The molecule has 1 aliphatic heterocycles. The first-order valence-corrected chi connectivity index (χ1v) is 9.23. The van der Waals surface area contributed by atoms with Crippen molar-refractivity contribution >= 4 is 28.9 Å². The van der Waals surface area contributed by atoms with Gasteiger partial charge in [-0.25, -0.2) is 9.78 Å². The summed E-state index contributed by atoms with van der Waals surface area (Å²) in [6, 6.07) is 6.14. The topological polar surface area (TPSA) is 111 Å². The van der Waals surface area contributed by atoms with Crippen LogP contribution in [-0.4, -0.2) is 66.1 Å². The molecule has 0 unspecified atom stereocenters. The Morgan fingerprint density at radius 2 is 1.96 bits per heavy atom. The third-order valence-electron chi connectivity index (χ3n) is 4.48. The van der Waals surface area contributed by atoms with E-state index in [-0.39, 0.29) is 11.8 Å². The van der Waals surface area contributed by atoms with Gasteiger partial charge in [-0.1, -0.05) is 19.1 Å². The Balaban J connectivity index is 1.59. The van der Waals surface area contributed by atoms with Gasteiger partial charge in [0.25, 0.3) is 11.8 Å². The smallest absolute Gasteiger partial charge is 0.408 e. The highest BCUT2D eigenvalue weighted by Gasteiger charge is 2.29. The van der Waals surface area contributed by atoms with Gasteiger partial charge in [-0.05, 0) is 25.5 Å². The lowest BCUT2D eigenvalue weighted by Gasteiger charge is -2.29. The van der Waals surface area contributed by atoms with E-state index >= 15 is 0 Å². The number of para-hydroxylation sites is 2. The van der Waals surface area contributed by atoms with Gasteiger partial charge >= 0.3 is 6.09 Å². The van der Waals surface area contributed by atoms with Crippen molar-refractivity contribution in [3.8, 4) is 0 Å². The minimum atomic E-state index is -0.963. The number of oxazole rings is 1. The molecule has 28 heavy (non-hydrogen) atoms. The molecule has 0 aliphatic carbocycles. The van der Waals surface area contributed by atoms with Gasteiger partial charge in [0.1, 0.15) is 11.6 Å². The van der Waals surface area contributed by atoms with Crippen LogP contribution < -0.4 is 5.32 Å². The molecule has 9 nitrogen and oxygen atoms in total. The lowest BCUT2D eigenvalue weighted by atomic mass is 10.1. The van der Waals surface area contributed by atoms with Gasteiger partial charge in [-0.3, -0.25) is 9.59 Å². The highest BCUT2D eigenvalue weighted by molar-refractivity contribution is 5.99. The Morgan fingerprint density at radius 3 is 2.64 bits per heavy atom. The molecular weight excluding hydrogens is 366 g/mol. The van der Waals surface area contributed by atoms with Crippen LogP contribution >= 0.6 is 0 Å². The molecule has 0 radical (unpaired) electrons. The third kappa shape index (κ3) is 4.48. The molecule has 1 aromatic carbocycles. The number of aromatic nitrogens is 1. The summed E-state index contributed by atoms with van der Waals surface area (Å²) in [5.74, 6) is -0.828. The molecule has 1 N–H and O–H groups in total. The van der Waals surface area contributed by atoms with Crippen molar-refractivity contribution in [2.45, 2.75) is 32.4 Å². The number of nitrogens with one attached hydrogen (secondary N) is 1. The normalized spacial score (nSPS) is 16.4. The molecule has 1 fully saturated rings. The monoisotopic (exact) mass is 389 g/mol. The summed E-state index contributed by atoms with van der Waals surface area (Å²) in [5.41, 5.74) is 1.06. The van der Waals surface area contributed by atoms with Crippen molar-refractivity contribution in [3.63, 3.8) is 0 Å². The highest BCUT2D eigenvalue weighted by atomic mass is 16.6. The summed E-state index contributed by atoms with van der Waals surface area (Å²) in [6.45, 7) is 5.09. The molecule has 1 aromatic heterocycles. The quantitative estimate of drug-likeness (QED) is 0.750. The second-order valence-electron chi connectivity index (χ2n) is 6.44. The number of amides is 2. The third-order valence-corrected chi connectivity index (χ3v) is 4.48. The number of ether oxygens (including phenoxy) is 2. The number of ketones is 1. The first-order valence-electron chi connectivity index (χ1n) is 9.23. The summed E-state index contributed by atoms with van der Waals surface area (Å²) < 4.78 is 15.8. The molecule has 0 saturated carbocycles. The van der Waals surface area contributed by atoms with Crippen LogP contribution in [0.1, 0.15) is 31.0 Å². The van der Waals surface area contributed by atoms with E-state index in [1.165, 1.54) is 6.92 Å². The Labute approximate surface area is 162 Å². The Morgan fingerprint density at radius 1 is 1.25 bits per heavy atom. The largest absolute Gasteiger partial charge is 0.436 e. The molecule has 2 atom stereocenters. The highest BCUT2D eigenvalue weighted by Crippen LogP contribution is 2.16. The van der Waals surface area contributed by atoms with E-state index in [0.717, 1.165) is 0 Å². The second-order valence-corrected chi connectivity index (χ2v) is 6.44. The molecule has 1 saturated heterocycles. The maximum absolute atomic E-state index is 12.6. The van der Waals surface area contributed by atoms with Gasteiger partial charge in [-0.2, -0.15) is 0 Å². The van der Waals surface area contributed by atoms with Gasteiger partial charge in [0.15, 0.2) is 11.7 Å². The van der Waals surface area contributed by atoms with Crippen LogP contribution in [0.2, 0.25) is 0 Å². The Kier molecular flexibility index (Phi) is 6.25. The van der Waals surface area contributed by atoms with Crippen molar-refractivity contribution in [1.29, 1.82) is 0 Å². The average Bonchev–Trinajstić information content (AvgIpc) is 3.15. The predicted octanol–water partition coefficient (Wildman–Crippen LogP) is 1.76. The van der Waals surface area contributed by atoms with Gasteiger partial charge in [-0.15, -0.1) is 0 Å². The van der Waals surface area contributed by atoms with E-state index in [1.54, 1.807) is 36.1 Å². The van der Waals surface area contributed by atoms with Crippen molar-refractivity contribution < 1.29 is 28.3 Å². The number of fused-ring (bicyclic) bond motifs is 1. The molecule has 150 valence electrons. The van der Waals surface area contributed by atoms with E-state index in [1.807, 2.05) is 0 Å². The minimum absolute atomic E-state index is 0.0780. The van der Waals surface area contributed by atoms with E-state index in [2.05, 4.69) is 10.3 Å². The zero-order valence-electron chi connectivity index (χ0n) is 15.8. The predicted molar refractivity (Wildman–Crippen MR) is 98.9 cm³/mol. The summed E-state index contributed by atoms with van der Waals surface area (Å²) in [6.07, 6.45) is -1.49. The van der Waals surface area contributed by atoms with Crippen LogP contribution in [0, 0.1) is 0 Å². The van der Waals surface area contributed by atoms with Gasteiger partial charge in [0.05, 0.1) is 13.2 Å². The molecule has 3 rings (SSSR count). The number of morpholine rings is 1. The SMILES string of the molecule is CC[C@H](NC(=O)O[C@@H](C)C(=O)N1CCOCC1)C(=O)c1nc2ccccc2o1. The molecule has 2 amide bonds. The Hall–Kier alpha value is -2.94. The molecule has 0 spiro atoms. The molecule has 0 bridgehead atoms. The van der Waals surface area contributed by atoms with Crippen LogP contribution in [0.3, 0.4) is 0 Å². The lowest BCUT2D eigenvalue weighted by Crippen LogP contribution is -2.48. The zero-order valence-corrected chi connectivity index (χ0v) is 15.8. The summed E-state index contributed by atoms with van der Waals surface area (Å²) >= 11 is 0. The number of rotatable bonds is 6. The number of carbonyl (C=O) groups is 3. The fourth-order valence-electron chi connectivity index (χ4n) is 2.91. The number of Topliss-reactive ketones (excluding diaryl/α,β-unsaturated/α-hetero) is 1. The number of hydrogen-bond acceptors (Lipinski definition) is 7. The first-order chi connectivity index (χ1) is 13.5. The maximum atomic E-state index is 12.6. The van der Waals surface area contributed by atoms with Crippen LogP contribution in [0.5, 0.6) is 0 Å². The summed E-state index contributed by atoms with van der Waals surface area (Å²) in [4.78, 5) is 42.9. The molecule has 9 heteroatoms. The number of nitrogens with zero attached hydrogens (tertiary/aromatic N) is 2. The number of carbonyl (C=O) groups excluding carboxylic acids is 3. The van der Waals surface area contributed by atoms with Gasteiger partial charge in [0.2, 0.25) is 5.78 Å². The van der Waals surface area contributed by atoms with E-state index in [0.29, 0.717) is 43.8 Å². The minimum Gasteiger partial charge on any atom is -0.436 e. The molecule has 2 heterocycles. The van der Waals surface area contributed by atoms with Gasteiger partial charge in [0, 0.05) is 13.1 Å². The number of alkyl carbamates (subject to hydrolysis) is 1. The second kappa shape index (κ2) is 8.83. The molecular formula is C19H23N3O6. The maximum Gasteiger partial charge on any atom is 0.408 e.